The SMILES string of the molecule is C[C@H](N)c1ccccc1N(C)Cc1cccc(Br)c1. The Balaban J connectivity index is 2.23. The van der Waals surface area contributed by atoms with Gasteiger partial charge in [0.1, 0.15) is 0 Å². The Morgan fingerprint density at radius 1 is 1.16 bits per heavy atom. The van der Waals surface area contributed by atoms with Crippen LogP contribution in [0.2, 0.25) is 0 Å². The number of anilines is 1. The maximum Gasteiger partial charge on any atom is 0.0426 e. The largest absolute Gasteiger partial charge is 0.370 e. The summed E-state index contributed by atoms with van der Waals surface area (Å²) >= 11 is 3.51. The maximum absolute atomic E-state index is 6.04. The highest BCUT2D eigenvalue weighted by atomic mass is 79.9. The molecule has 2 nitrogen and oxygen atoms in total. The van der Waals surface area contributed by atoms with Crippen LogP contribution in [-0.2, 0) is 6.54 Å². The molecule has 0 bridgehead atoms. The zero-order valence-electron chi connectivity index (χ0n) is 11.3. The third kappa shape index (κ3) is 3.58. The second-order valence-corrected chi connectivity index (χ2v) is 5.75. The van der Waals surface area contributed by atoms with E-state index in [2.05, 4.69) is 64.3 Å². The van der Waals surface area contributed by atoms with Crippen LogP contribution in [0.25, 0.3) is 0 Å². The number of benzene rings is 2. The van der Waals surface area contributed by atoms with Crippen molar-refractivity contribution >= 4 is 21.6 Å². The lowest BCUT2D eigenvalue weighted by Gasteiger charge is -2.24. The summed E-state index contributed by atoms with van der Waals surface area (Å²) in [6.07, 6.45) is 0. The molecule has 3 heteroatoms. The van der Waals surface area contributed by atoms with E-state index in [-0.39, 0.29) is 6.04 Å². The summed E-state index contributed by atoms with van der Waals surface area (Å²) in [4.78, 5) is 2.24. The van der Waals surface area contributed by atoms with Crippen LogP contribution in [0.3, 0.4) is 0 Å². The lowest BCUT2D eigenvalue weighted by atomic mass is 10.1. The van der Waals surface area contributed by atoms with Gasteiger partial charge in [0, 0.05) is 29.8 Å². The molecule has 0 saturated heterocycles. The first-order chi connectivity index (χ1) is 9.08. The van der Waals surface area contributed by atoms with Crippen molar-refractivity contribution in [3.8, 4) is 0 Å². The average molecular weight is 319 g/mol. The van der Waals surface area contributed by atoms with Crippen LogP contribution in [0.15, 0.2) is 53.0 Å². The summed E-state index contributed by atoms with van der Waals surface area (Å²) in [5.74, 6) is 0. The molecule has 0 fully saturated rings. The normalized spacial score (nSPS) is 12.2. The van der Waals surface area contributed by atoms with E-state index in [1.165, 1.54) is 16.8 Å². The molecule has 0 aliphatic rings. The summed E-state index contributed by atoms with van der Waals surface area (Å²) in [6.45, 7) is 2.88. The Labute approximate surface area is 123 Å². The van der Waals surface area contributed by atoms with Gasteiger partial charge >= 0.3 is 0 Å². The summed E-state index contributed by atoms with van der Waals surface area (Å²) in [7, 11) is 2.10. The van der Waals surface area contributed by atoms with Crippen molar-refractivity contribution in [3.05, 3.63) is 64.1 Å². The number of rotatable bonds is 4. The van der Waals surface area contributed by atoms with Crippen LogP contribution in [0, 0.1) is 0 Å². The van der Waals surface area contributed by atoms with E-state index in [1.54, 1.807) is 0 Å². The molecule has 0 heterocycles. The molecule has 0 aromatic heterocycles. The summed E-state index contributed by atoms with van der Waals surface area (Å²) < 4.78 is 1.11. The molecule has 0 radical (unpaired) electrons. The predicted molar refractivity (Wildman–Crippen MR) is 85.3 cm³/mol. The van der Waals surface area contributed by atoms with Crippen LogP contribution in [0.1, 0.15) is 24.1 Å². The van der Waals surface area contributed by atoms with Crippen LogP contribution in [0.4, 0.5) is 5.69 Å². The minimum atomic E-state index is 0.0427. The number of hydrogen-bond acceptors (Lipinski definition) is 2. The fraction of sp³-hybridized carbons (Fsp3) is 0.250. The van der Waals surface area contributed by atoms with Crippen LogP contribution >= 0.6 is 15.9 Å². The molecule has 2 N–H and O–H groups in total. The number of halogens is 1. The van der Waals surface area contributed by atoms with Gasteiger partial charge in [-0.05, 0) is 36.2 Å². The Bertz CT molecular complexity index is 552. The fourth-order valence-electron chi connectivity index (χ4n) is 2.21. The second kappa shape index (κ2) is 6.22. The van der Waals surface area contributed by atoms with Gasteiger partial charge in [0.2, 0.25) is 0 Å². The Hall–Kier alpha value is -1.32. The van der Waals surface area contributed by atoms with Crippen LogP contribution in [0.5, 0.6) is 0 Å². The zero-order chi connectivity index (χ0) is 13.8. The van der Waals surface area contributed by atoms with Gasteiger partial charge in [-0.25, -0.2) is 0 Å². The summed E-state index contributed by atoms with van der Waals surface area (Å²) in [5, 5.41) is 0. The molecule has 0 unspecified atom stereocenters. The third-order valence-electron chi connectivity index (χ3n) is 3.15. The Morgan fingerprint density at radius 2 is 1.89 bits per heavy atom. The molecule has 2 aromatic carbocycles. The van der Waals surface area contributed by atoms with Crippen molar-refractivity contribution in [1.82, 2.24) is 0 Å². The molecule has 0 aliphatic heterocycles. The molecule has 19 heavy (non-hydrogen) atoms. The average Bonchev–Trinajstić information content (AvgIpc) is 2.38. The minimum Gasteiger partial charge on any atom is -0.370 e. The smallest absolute Gasteiger partial charge is 0.0426 e. The number of nitrogens with zero attached hydrogens (tertiary/aromatic N) is 1. The van der Waals surface area contributed by atoms with Crippen molar-refractivity contribution < 1.29 is 0 Å². The van der Waals surface area contributed by atoms with Crippen molar-refractivity contribution in [2.75, 3.05) is 11.9 Å². The molecule has 2 aromatic rings. The zero-order valence-corrected chi connectivity index (χ0v) is 12.9. The number of para-hydroxylation sites is 1. The molecule has 0 spiro atoms. The van der Waals surface area contributed by atoms with Crippen molar-refractivity contribution in [2.24, 2.45) is 5.73 Å². The second-order valence-electron chi connectivity index (χ2n) is 4.83. The lowest BCUT2D eigenvalue weighted by Crippen LogP contribution is -2.20. The van der Waals surface area contributed by atoms with Crippen molar-refractivity contribution in [1.29, 1.82) is 0 Å². The minimum absolute atomic E-state index is 0.0427. The number of hydrogen-bond donors (Lipinski definition) is 1. The molecule has 1 atom stereocenters. The van der Waals surface area contributed by atoms with Gasteiger partial charge in [0.05, 0.1) is 0 Å². The van der Waals surface area contributed by atoms with Gasteiger partial charge in [-0.2, -0.15) is 0 Å². The van der Waals surface area contributed by atoms with Gasteiger partial charge < -0.3 is 10.6 Å². The topological polar surface area (TPSA) is 29.3 Å². The van der Waals surface area contributed by atoms with E-state index in [4.69, 9.17) is 5.73 Å². The van der Waals surface area contributed by atoms with Gasteiger partial charge in [0.15, 0.2) is 0 Å². The van der Waals surface area contributed by atoms with Crippen LogP contribution in [-0.4, -0.2) is 7.05 Å². The maximum atomic E-state index is 6.04. The first-order valence-electron chi connectivity index (χ1n) is 6.38. The molecule has 0 aliphatic carbocycles. The fourth-order valence-corrected chi connectivity index (χ4v) is 2.66. The molecule has 0 amide bonds. The molecular formula is C16H19BrN2. The predicted octanol–water partition coefficient (Wildman–Crippen LogP) is 4.11. The first kappa shape index (κ1) is 14.1. The highest BCUT2D eigenvalue weighted by Gasteiger charge is 2.10. The lowest BCUT2D eigenvalue weighted by molar-refractivity contribution is 0.801. The molecule has 0 saturated carbocycles. The quantitative estimate of drug-likeness (QED) is 0.919. The molecule has 2 rings (SSSR count). The van der Waals surface area contributed by atoms with Crippen molar-refractivity contribution in [2.45, 2.75) is 19.5 Å². The van der Waals surface area contributed by atoms with E-state index >= 15 is 0 Å². The monoisotopic (exact) mass is 318 g/mol. The number of nitrogens with two attached hydrogens (primary N) is 1. The summed E-state index contributed by atoms with van der Waals surface area (Å²) in [5.41, 5.74) is 9.68. The van der Waals surface area contributed by atoms with E-state index in [0.29, 0.717) is 0 Å². The molecule has 100 valence electrons. The van der Waals surface area contributed by atoms with Crippen LogP contribution < -0.4 is 10.6 Å². The summed E-state index contributed by atoms with van der Waals surface area (Å²) in [6, 6.07) is 16.7. The Morgan fingerprint density at radius 3 is 2.58 bits per heavy atom. The van der Waals surface area contributed by atoms with Gasteiger partial charge in [0.25, 0.3) is 0 Å². The van der Waals surface area contributed by atoms with Crippen molar-refractivity contribution in [3.63, 3.8) is 0 Å². The highest BCUT2D eigenvalue weighted by Crippen LogP contribution is 2.25. The van der Waals surface area contributed by atoms with E-state index < -0.39 is 0 Å². The van der Waals surface area contributed by atoms with Gasteiger partial charge in [-0.15, -0.1) is 0 Å². The van der Waals surface area contributed by atoms with Gasteiger partial charge in [-0.3, -0.25) is 0 Å². The van der Waals surface area contributed by atoms with Gasteiger partial charge in [-0.1, -0.05) is 46.3 Å². The molecular weight excluding hydrogens is 300 g/mol. The van der Waals surface area contributed by atoms with E-state index in [9.17, 15) is 0 Å². The first-order valence-corrected chi connectivity index (χ1v) is 7.17. The van der Waals surface area contributed by atoms with E-state index in [1.807, 2.05) is 19.1 Å². The third-order valence-corrected chi connectivity index (χ3v) is 3.64. The Kier molecular flexibility index (Phi) is 4.61. The standard InChI is InChI=1S/C16H19BrN2/c1-12(18)15-8-3-4-9-16(15)19(2)11-13-6-5-7-14(17)10-13/h3-10,12H,11,18H2,1-2H3/t12-/m0/s1. The van der Waals surface area contributed by atoms with E-state index in [0.717, 1.165) is 11.0 Å². The highest BCUT2D eigenvalue weighted by molar-refractivity contribution is 9.10.